The molecule has 2 atom stereocenters. The highest BCUT2D eigenvalue weighted by molar-refractivity contribution is 7.85. The third kappa shape index (κ3) is 6.37. The monoisotopic (exact) mass is 646 g/mol. The second kappa shape index (κ2) is 12.7. The Morgan fingerprint density at radius 1 is 1.07 bits per heavy atom. The van der Waals surface area contributed by atoms with Gasteiger partial charge in [0.1, 0.15) is 11.6 Å². The highest BCUT2D eigenvalue weighted by Crippen LogP contribution is 2.40. The zero-order valence-electron chi connectivity index (χ0n) is 26.7. The second-order valence-corrected chi connectivity index (χ2v) is 14.9. The number of rotatable bonds is 3. The Morgan fingerprint density at radius 3 is 2.70 bits per heavy atom. The number of aromatic nitrogens is 4. The molecule has 242 valence electrons. The number of nitrogens with zero attached hydrogens (tertiary/aromatic N) is 3. The third-order valence-electron chi connectivity index (χ3n) is 9.15. The first-order valence-corrected chi connectivity index (χ1v) is 17.2. The average Bonchev–Trinajstić information content (AvgIpc) is 3.64. The van der Waals surface area contributed by atoms with Crippen LogP contribution in [0.1, 0.15) is 62.5 Å². The van der Waals surface area contributed by atoms with Gasteiger partial charge in [-0.05, 0) is 73.4 Å². The Bertz CT molecular complexity index is 1920. The molecule has 2 N–H and O–H groups in total. The standard InChI is InChI=1S/C36H40F2N4O3S/c1-35(2)14-6-15-36(3,24-8-5-7-23(19-24)12-17-43)34-40-33(42(4)41-34)28-20-25(9-10-29(28)37)45-32-27(13-18-46(44)22-35)26-11-16-39-31(26)21-30(32)38/h5,7-11,16,19-21,39,43H,6,12-15,17-18,22H2,1-4H3. The fourth-order valence-corrected chi connectivity index (χ4v) is 8.19. The molecule has 0 radical (unpaired) electrons. The van der Waals surface area contributed by atoms with Crippen molar-refractivity contribution in [3.05, 3.63) is 94.9 Å². The van der Waals surface area contributed by atoms with Crippen molar-refractivity contribution in [2.24, 2.45) is 12.5 Å². The van der Waals surface area contributed by atoms with E-state index in [0.29, 0.717) is 53.5 Å². The van der Waals surface area contributed by atoms with Crippen LogP contribution in [-0.2, 0) is 36.1 Å². The molecule has 0 saturated heterocycles. The van der Waals surface area contributed by atoms with Crippen molar-refractivity contribution in [2.75, 3.05) is 18.1 Å². The largest absolute Gasteiger partial charge is 0.454 e. The molecule has 1 aliphatic heterocycles. The molecule has 0 amide bonds. The van der Waals surface area contributed by atoms with Crippen LogP contribution >= 0.6 is 0 Å². The first-order valence-electron chi connectivity index (χ1n) is 15.7. The number of fused-ring (bicyclic) bond motifs is 8. The molecule has 2 unspecified atom stereocenters. The predicted molar refractivity (Wildman–Crippen MR) is 178 cm³/mol. The summed E-state index contributed by atoms with van der Waals surface area (Å²) in [7, 11) is 0.570. The van der Waals surface area contributed by atoms with E-state index < -0.39 is 27.8 Å². The first-order chi connectivity index (χ1) is 22.0. The molecular formula is C36H40F2N4O3S. The van der Waals surface area contributed by atoms with Gasteiger partial charge >= 0.3 is 0 Å². The van der Waals surface area contributed by atoms with Crippen molar-refractivity contribution in [1.29, 1.82) is 0 Å². The molecule has 6 rings (SSSR count). The van der Waals surface area contributed by atoms with Crippen molar-refractivity contribution in [2.45, 2.75) is 58.3 Å². The summed E-state index contributed by atoms with van der Waals surface area (Å²) in [6.07, 6.45) is 4.97. The van der Waals surface area contributed by atoms with Gasteiger partial charge in [0.2, 0.25) is 0 Å². The summed E-state index contributed by atoms with van der Waals surface area (Å²) < 4.78 is 52.4. The van der Waals surface area contributed by atoms with Gasteiger partial charge in [-0.2, -0.15) is 5.10 Å². The Labute approximate surface area is 270 Å². The van der Waals surface area contributed by atoms with Crippen LogP contribution in [0.3, 0.4) is 0 Å². The second-order valence-electron chi connectivity index (χ2n) is 13.3. The number of aryl methyl sites for hydroxylation is 2. The Morgan fingerprint density at radius 2 is 1.89 bits per heavy atom. The van der Waals surface area contributed by atoms with Gasteiger partial charge < -0.3 is 14.8 Å². The van der Waals surface area contributed by atoms with E-state index in [0.717, 1.165) is 29.4 Å². The molecule has 0 aliphatic carbocycles. The summed E-state index contributed by atoms with van der Waals surface area (Å²) >= 11 is 0. The zero-order chi connectivity index (χ0) is 32.6. The van der Waals surface area contributed by atoms with E-state index in [2.05, 4.69) is 31.8 Å². The number of ether oxygens (including phenoxy) is 1. The van der Waals surface area contributed by atoms with Crippen molar-refractivity contribution in [1.82, 2.24) is 19.7 Å². The smallest absolute Gasteiger partial charge is 0.168 e. The predicted octanol–water partition coefficient (Wildman–Crippen LogP) is 7.38. The number of hydrogen-bond acceptors (Lipinski definition) is 5. The molecule has 0 saturated carbocycles. The van der Waals surface area contributed by atoms with Crippen molar-refractivity contribution < 1.29 is 22.8 Å². The summed E-state index contributed by atoms with van der Waals surface area (Å²) in [6, 6.07) is 15.6. The summed E-state index contributed by atoms with van der Waals surface area (Å²) in [6.45, 7) is 6.41. The maximum atomic E-state index is 15.6. The first kappa shape index (κ1) is 32.1. The van der Waals surface area contributed by atoms with E-state index >= 15 is 8.78 Å². The van der Waals surface area contributed by atoms with Crippen LogP contribution in [0.4, 0.5) is 8.78 Å². The van der Waals surface area contributed by atoms with Crippen molar-refractivity contribution in [3.8, 4) is 22.9 Å². The number of benzene rings is 3. The molecule has 46 heavy (non-hydrogen) atoms. The molecule has 0 fully saturated rings. The van der Waals surface area contributed by atoms with Crippen molar-refractivity contribution >= 4 is 21.7 Å². The lowest BCUT2D eigenvalue weighted by molar-refractivity contribution is 0.299. The Kier molecular flexibility index (Phi) is 8.87. The fraction of sp³-hybridized carbons (Fsp3) is 0.389. The summed E-state index contributed by atoms with van der Waals surface area (Å²) in [5, 5.41) is 15.2. The third-order valence-corrected chi connectivity index (χ3v) is 10.9. The molecule has 5 aromatic rings. The highest BCUT2D eigenvalue weighted by Gasteiger charge is 2.35. The lowest BCUT2D eigenvalue weighted by atomic mass is 9.75. The Hall–Kier alpha value is -3.89. The number of aliphatic hydroxyl groups excluding tert-OH is 1. The van der Waals surface area contributed by atoms with Crippen LogP contribution in [0.15, 0.2) is 60.8 Å². The maximum absolute atomic E-state index is 15.6. The summed E-state index contributed by atoms with van der Waals surface area (Å²) in [5.74, 6) is 0.956. The molecule has 3 heterocycles. The minimum absolute atomic E-state index is 0.0380. The maximum Gasteiger partial charge on any atom is 0.168 e. The van der Waals surface area contributed by atoms with Gasteiger partial charge in [0.15, 0.2) is 23.2 Å². The molecule has 2 aromatic heterocycles. The van der Waals surface area contributed by atoms with Gasteiger partial charge in [-0.1, -0.05) is 44.5 Å². The molecule has 0 spiro atoms. The fourth-order valence-electron chi connectivity index (χ4n) is 6.59. The summed E-state index contributed by atoms with van der Waals surface area (Å²) in [5.41, 5.74) is 2.60. The topological polar surface area (TPSA) is 93.0 Å². The number of halogens is 2. The molecule has 7 nitrogen and oxygen atoms in total. The van der Waals surface area contributed by atoms with Crippen LogP contribution in [0.5, 0.6) is 11.5 Å². The molecular weight excluding hydrogens is 606 g/mol. The lowest BCUT2D eigenvalue weighted by Gasteiger charge is -2.30. The van der Waals surface area contributed by atoms with E-state index in [9.17, 15) is 9.32 Å². The van der Waals surface area contributed by atoms with Gasteiger partial charge in [0.25, 0.3) is 0 Å². The molecule has 1 aliphatic rings. The van der Waals surface area contributed by atoms with E-state index in [1.54, 1.807) is 17.9 Å². The highest BCUT2D eigenvalue weighted by atomic mass is 32.2. The summed E-state index contributed by atoms with van der Waals surface area (Å²) in [4.78, 5) is 8.00. The molecule has 4 bridgehead atoms. The van der Waals surface area contributed by atoms with Crippen molar-refractivity contribution in [3.63, 3.8) is 0 Å². The zero-order valence-corrected chi connectivity index (χ0v) is 27.5. The SMILES string of the molecule is Cn1nc2nc1-c1cc(ccc1F)Oc1c(F)cc3[nH]ccc3c1CCS(=O)CC(C)(C)CCCC2(C)c1cccc(CCO)c1. The minimum Gasteiger partial charge on any atom is -0.454 e. The number of nitrogens with one attached hydrogen (secondary N) is 1. The normalized spacial score (nSPS) is 20.5. The van der Waals surface area contributed by atoms with Crippen LogP contribution in [0.2, 0.25) is 0 Å². The minimum atomic E-state index is -1.17. The van der Waals surface area contributed by atoms with E-state index in [-0.39, 0.29) is 29.1 Å². The lowest BCUT2D eigenvalue weighted by Crippen LogP contribution is -2.28. The van der Waals surface area contributed by atoms with Gasteiger partial charge in [-0.15, -0.1) is 0 Å². The van der Waals surface area contributed by atoms with Gasteiger partial charge in [-0.25, -0.2) is 18.4 Å². The van der Waals surface area contributed by atoms with E-state index in [4.69, 9.17) is 14.8 Å². The average molecular weight is 647 g/mol. The van der Waals surface area contributed by atoms with Gasteiger partial charge in [-0.3, -0.25) is 4.21 Å². The van der Waals surface area contributed by atoms with Crippen LogP contribution < -0.4 is 4.74 Å². The number of hydrogen-bond donors (Lipinski definition) is 2. The number of aliphatic hydroxyl groups is 1. The molecule has 10 heteroatoms. The number of H-pyrrole nitrogens is 1. The van der Waals surface area contributed by atoms with Gasteiger partial charge in [0, 0.05) is 64.7 Å². The van der Waals surface area contributed by atoms with Gasteiger partial charge in [0.05, 0.1) is 11.0 Å². The number of aromatic amines is 1. The van der Waals surface area contributed by atoms with E-state index in [1.807, 2.05) is 24.3 Å². The Balaban J connectivity index is 1.50. The quantitative estimate of drug-likeness (QED) is 0.214. The van der Waals surface area contributed by atoms with E-state index in [1.165, 1.54) is 24.3 Å². The van der Waals surface area contributed by atoms with Crippen LogP contribution in [0, 0.1) is 17.0 Å². The van der Waals surface area contributed by atoms with Crippen LogP contribution in [-0.4, -0.2) is 47.2 Å². The van der Waals surface area contributed by atoms with Crippen LogP contribution in [0.25, 0.3) is 22.3 Å². The molecule has 3 aromatic carbocycles.